The monoisotopic (exact) mass is 282 g/mol. The largest absolute Gasteiger partial charge is 0.372 e. The molecule has 1 saturated carbocycles. The summed E-state index contributed by atoms with van der Waals surface area (Å²) in [6.07, 6.45) is 2.35. The van der Waals surface area contributed by atoms with E-state index in [1.165, 1.54) is 18.4 Å². The maximum atomic E-state index is 11.2. The molecule has 1 atom stereocenters. The van der Waals surface area contributed by atoms with Crippen molar-refractivity contribution in [3.05, 3.63) is 69.8 Å². The van der Waals surface area contributed by atoms with E-state index in [9.17, 15) is 10.1 Å². The Morgan fingerprint density at radius 3 is 2.52 bits per heavy atom. The standard InChI is InChI=1S/C17H18N2O2/c1-12-7-10-15(16(11-12)19(20)21)18-17(14-8-9-14)13-5-3-2-4-6-13/h2-7,10-11,14,17-18H,8-9H2,1H3. The molecule has 1 aliphatic carbocycles. The molecule has 4 heteroatoms. The van der Waals surface area contributed by atoms with Crippen LogP contribution in [0.15, 0.2) is 48.5 Å². The molecule has 2 aromatic rings. The number of benzene rings is 2. The smallest absolute Gasteiger partial charge is 0.292 e. The Morgan fingerprint density at radius 2 is 1.90 bits per heavy atom. The van der Waals surface area contributed by atoms with E-state index < -0.39 is 0 Å². The van der Waals surface area contributed by atoms with Crippen molar-refractivity contribution in [3.8, 4) is 0 Å². The predicted octanol–water partition coefficient (Wildman–Crippen LogP) is 4.47. The van der Waals surface area contributed by atoms with Gasteiger partial charge in [-0.15, -0.1) is 0 Å². The van der Waals surface area contributed by atoms with E-state index in [1.54, 1.807) is 6.07 Å². The number of nitro groups is 1. The lowest BCUT2D eigenvalue weighted by atomic mass is 10.0. The summed E-state index contributed by atoms with van der Waals surface area (Å²) < 4.78 is 0. The van der Waals surface area contributed by atoms with Crippen LogP contribution in [0.3, 0.4) is 0 Å². The van der Waals surface area contributed by atoms with Gasteiger partial charge < -0.3 is 5.32 Å². The summed E-state index contributed by atoms with van der Waals surface area (Å²) in [4.78, 5) is 10.9. The summed E-state index contributed by atoms with van der Waals surface area (Å²) in [6.45, 7) is 1.87. The van der Waals surface area contributed by atoms with Crippen molar-refractivity contribution >= 4 is 11.4 Å². The molecule has 1 fully saturated rings. The fraction of sp³-hybridized carbons (Fsp3) is 0.294. The first-order valence-corrected chi connectivity index (χ1v) is 7.21. The first-order chi connectivity index (χ1) is 10.1. The van der Waals surface area contributed by atoms with Crippen LogP contribution in [0.25, 0.3) is 0 Å². The fourth-order valence-corrected chi connectivity index (χ4v) is 2.65. The number of aryl methyl sites for hydroxylation is 1. The van der Waals surface area contributed by atoms with Crippen LogP contribution in [0, 0.1) is 23.0 Å². The van der Waals surface area contributed by atoms with Gasteiger partial charge in [-0.1, -0.05) is 36.4 Å². The third-order valence-corrected chi connectivity index (χ3v) is 3.91. The van der Waals surface area contributed by atoms with Crippen LogP contribution >= 0.6 is 0 Å². The zero-order chi connectivity index (χ0) is 14.8. The lowest BCUT2D eigenvalue weighted by Crippen LogP contribution is -2.14. The van der Waals surface area contributed by atoms with E-state index in [1.807, 2.05) is 37.3 Å². The number of rotatable bonds is 5. The number of nitrogens with zero attached hydrogens (tertiary/aromatic N) is 1. The van der Waals surface area contributed by atoms with Gasteiger partial charge >= 0.3 is 0 Å². The lowest BCUT2D eigenvalue weighted by molar-refractivity contribution is -0.384. The summed E-state index contributed by atoms with van der Waals surface area (Å²) in [5, 5.41) is 14.6. The Morgan fingerprint density at radius 1 is 1.19 bits per heavy atom. The average Bonchev–Trinajstić information content (AvgIpc) is 3.31. The second-order valence-corrected chi connectivity index (χ2v) is 5.65. The topological polar surface area (TPSA) is 55.2 Å². The Kier molecular flexibility index (Phi) is 3.60. The van der Waals surface area contributed by atoms with E-state index in [0.29, 0.717) is 11.6 Å². The molecular formula is C17H18N2O2. The molecule has 21 heavy (non-hydrogen) atoms. The fourth-order valence-electron chi connectivity index (χ4n) is 2.65. The van der Waals surface area contributed by atoms with Crippen LogP contribution in [0.5, 0.6) is 0 Å². The van der Waals surface area contributed by atoms with Crippen molar-refractivity contribution in [3.63, 3.8) is 0 Å². The number of hydrogen-bond donors (Lipinski definition) is 1. The minimum absolute atomic E-state index is 0.146. The third kappa shape index (κ3) is 3.05. The van der Waals surface area contributed by atoms with Gasteiger partial charge in [-0.25, -0.2) is 0 Å². The zero-order valence-electron chi connectivity index (χ0n) is 12.0. The number of hydrogen-bond acceptors (Lipinski definition) is 3. The van der Waals surface area contributed by atoms with Gasteiger partial charge in [0.2, 0.25) is 0 Å². The first-order valence-electron chi connectivity index (χ1n) is 7.21. The quantitative estimate of drug-likeness (QED) is 0.650. The highest BCUT2D eigenvalue weighted by Crippen LogP contribution is 2.43. The molecule has 0 aromatic heterocycles. The van der Waals surface area contributed by atoms with Gasteiger partial charge in [0.05, 0.1) is 11.0 Å². The Balaban J connectivity index is 1.92. The van der Waals surface area contributed by atoms with Gasteiger partial charge in [0.25, 0.3) is 5.69 Å². The minimum atomic E-state index is -0.315. The van der Waals surface area contributed by atoms with E-state index >= 15 is 0 Å². The highest BCUT2D eigenvalue weighted by atomic mass is 16.6. The molecule has 1 aliphatic rings. The van der Waals surface area contributed by atoms with Gasteiger partial charge in [0.15, 0.2) is 0 Å². The molecule has 2 aromatic carbocycles. The van der Waals surface area contributed by atoms with Crippen molar-refractivity contribution < 1.29 is 4.92 Å². The Hall–Kier alpha value is -2.36. The number of anilines is 1. The number of nitro benzene ring substituents is 1. The molecule has 0 aliphatic heterocycles. The summed E-state index contributed by atoms with van der Waals surface area (Å²) in [7, 11) is 0. The van der Waals surface area contributed by atoms with Crippen molar-refractivity contribution in [2.45, 2.75) is 25.8 Å². The van der Waals surface area contributed by atoms with E-state index in [0.717, 1.165) is 5.56 Å². The van der Waals surface area contributed by atoms with Gasteiger partial charge in [0, 0.05) is 6.07 Å². The van der Waals surface area contributed by atoms with Gasteiger partial charge in [0.1, 0.15) is 5.69 Å². The molecule has 108 valence electrons. The molecule has 0 bridgehead atoms. The maximum absolute atomic E-state index is 11.2. The van der Waals surface area contributed by atoms with Crippen molar-refractivity contribution in [2.75, 3.05) is 5.32 Å². The van der Waals surface area contributed by atoms with Crippen LogP contribution < -0.4 is 5.32 Å². The molecule has 1 unspecified atom stereocenters. The number of nitrogens with one attached hydrogen (secondary N) is 1. The second-order valence-electron chi connectivity index (χ2n) is 5.65. The molecule has 4 nitrogen and oxygen atoms in total. The predicted molar refractivity (Wildman–Crippen MR) is 83.4 cm³/mol. The normalized spacial score (nSPS) is 15.5. The van der Waals surface area contributed by atoms with Crippen LogP contribution in [0.2, 0.25) is 0 Å². The molecule has 0 saturated heterocycles. The molecule has 0 heterocycles. The SMILES string of the molecule is Cc1ccc(NC(c2ccccc2)C2CC2)c([N+](=O)[O-])c1. The van der Waals surface area contributed by atoms with Gasteiger partial charge in [-0.2, -0.15) is 0 Å². The van der Waals surface area contributed by atoms with Crippen molar-refractivity contribution in [1.29, 1.82) is 0 Å². The van der Waals surface area contributed by atoms with E-state index in [2.05, 4.69) is 17.4 Å². The minimum Gasteiger partial charge on any atom is -0.372 e. The summed E-state index contributed by atoms with van der Waals surface area (Å²) >= 11 is 0. The highest BCUT2D eigenvalue weighted by molar-refractivity contribution is 5.63. The maximum Gasteiger partial charge on any atom is 0.292 e. The van der Waals surface area contributed by atoms with Crippen molar-refractivity contribution in [2.24, 2.45) is 5.92 Å². The summed E-state index contributed by atoms with van der Waals surface area (Å²) in [5.41, 5.74) is 2.84. The van der Waals surface area contributed by atoms with E-state index in [4.69, 9.17) is 0 Å². The average molecular weight is 282 g/mol. The third-order valence-electron chi connectivity index (χ3n) is 3.91. The molecule has 3 rings (SSSR count). The summed E-state index contributed by atoms with van der Waals surface area (Å²) in [5.74, 6) is 0.563. The molecule has 0 amide bonds. The Bertz CT molecular complexity index is 651. The molecular weight excluding hydrogens is 264 g/mol. The van der Waals surface area contributed by atoms with Crippen LogP contribution in [-0.4, -0.2) is 4.92 Å². The van der Waals surface area contributed by atoms with Gasteiger partial charge in [-0.3, -0.25) is 10.1 Å². The first kappa shape index (κ1) is 13.6. The summed E-state index contributed by atoms with van der Waals surface area (Å²) in [6, 6.07) is 15.7. The van der Waals surface area contributed by atoms with E-state index in [-0.39, 0.29) is 16.7 Å². The zero-order valence-corrected chi connectivity index (χ0v) is 12.0. The van der Waals surface area contributed by atoms with Crippen molar-refractivity contribution in [1.82, 2.24) is 0 Å². The van der Waals surface area contributed by atoms with Crippen LogP contribution in [-0.2, 0) is 0 Å². The second kappa shape index (κ2) is 5.56. The van der Waals surface area contributed by atoms with Gasteiger partial charge in [-0.05, 0) is 42.9 Å². The van der Waals surface area contributed by atoms with Crippen LogP contribution in [0.1, 0.15) is 30.0 Å². The molecule has 0 spiro atoms. The molecule has 1 N–H and O–H groups in total. The van der Waals surface area contributed by atoms with Crippen LogP contribution in [0.4, 0.5) is 11.4 Å². The molecule has 0 radical (unpaired) electrons. The Labute approximate surface area is 124 Å². The highest BCUT2D eigenvalue weighted by Gasteiger charge is 2.33. The lowest BCUT2D eigenvalue weighted by Gasteiger charge is -2.20.